The summed E-state index contributed by atoms with van der Waals surface area (Å²) in [4.78, 5) is 0.948. The van der Waals surface area contributed by atoms with Crippen LogP contribution in [0.4, 0.5) is 0 Å². The summed E-state index contributed by atoms with van der Waals surface area (Å²) in [5.74, 6) is 0.831. The van der Waals surface area contributed by atoms with Crippen LogP contribution in [0, 0.1) is 6.92 Å². The first-order valence-electron chi connectivity index (χ1n) is 5.78. The summed E-state index contributed by atoms with van der Waals surface area (Å²) in [6, 6.07) is 9.59. The van der Waals surface area contributed by atoms with Gasteiger partial charge in [0.2, 0.25) is 0 Å². The highest BCUT2D eigenvalue weighted by Crippen LogP contribution is 2.34. The van der Waals surface area contributed by atoms with Gasteiger partial charge < -0.3 is 9.84 Å². The number of benzene rings is 1. The Morgan fingerprint density at radius 2 is 2.00 bits per heavy atom. The van der Waals surface area contributed by atoms with Crippen molar-refractivity contribution >= 4 is 27.3 Å². The van der Waals surface area contributed by atoms with Crippen molar-refractivity contribution in [2.24, 2.45) is 0 Å². The zero-order valence-corrected chi connectivity index (χ0v) is 12.7. The molecule has 4 heteroatoms. The Hall–Kier alpha value is -0.840. The predicted octanol–water partition coefficient (Wildman–Crippen LogP) is 4.30. The first-order chi connectivity index (χ1) is 8.61. The molecule has 0 saturated carbocycles. The molecule has 2 aromatic rings. The lowest BCUT2D eigenvalue weighted by Gasteiger charge is -2.10. The Bertz CT molecular complexity index is 500. The smallest absolute Gasteiger partial charge is 0.119 e. The van der Waals surface area contributed by atoms with E-state index in [1.807, 2.05) is 44.2 Å². The maximum atomic E-state index is 10.3. The van der Waals surface area contributed by atoms with E-state index in [-0.39, 0.29) is 0 Å². The lowest BCUT2D eigenvalue weighted by molar-refractivity contribution is 0.224. The molecular weight excluding hydrogens is 312 g/mol. The number of thiophene rings is 1. The fraction of sp³-hybridized carbons (Fsp3) is 0.286. The Labute approximate surface area is 119 Å². The minimum atomic E-state index is -0.573. The third kappa shape index (κ3) is 2.94. The third-order valence-corrected chi connectivity index (χ3v) is 4.84. The third-order valence-electron chi connectivity index (χ3n) is 2.65. The number of hydrogen-bond donors (Lipinski definition) is 1. The number of aliphatic hydroxyl groups excluding tert-OH is 1. The first-order valence-corrected chi connectivity index (χ1v) is 7.39. The Balaban J connectivity index is 2.20. The van der Waals surface area contributed by atoms with Gasteiger partial charge in [0.15, 0.2) is 0 Å². The summed E-state index contributed by atoms with van der Waals surface area (Å²) in [6.45, 7) is 4.63. The van der Waals surface area contributed by atoms with Crippen molar-refractivity contribution in [1.82, 2.24) is 0 Å². The van der Waals surface area contributed by atoms with E-state index in [1.165, 1.54) is 0 Å². The van der Waals surface area contributed by atoms with Crippen molar-refractivity contribution < 1.29 is 9.84 Å². The zero-order chi connectivity index (χ0) is 13.1. The van der Waals surface area contributed by atoms with Gasteiger partial charge in [-0.05, 0) is 59.1 Å². The van der Waals surface area contributed by atoms with Crippen molar-refractivity contribution in [1.29, 1.82) is 0 Å². The quantitative estimate of drug-likeness (QED) is 0.907. The van der Waals surface area contributed by atoms with E-state index in [0.29, 0.717) is 6.61 Å². The fourth-order valence-corrected chi connectivity index (χ4v) is 3.28. The summed E-state index contributed by atoms with van der Waals surface area (Å²) in [6.07, 6.45) is -0.573. The molecule has 96 valence electrons. The second-order valence-corrected chi connectivity index (χ2v) is 6.41. The molecule has 0 spiro atoms. The molecule has 1 heterocycles. The molecule has 0 aliphatic rings. The van der Waals surface area contributed by atoms with Crippen LogP contribution >= 0.6 is 27.3 Å². The highest BCUT2D eigenvalue weighted by atomic mass is 79.9. The van der Waals surface area contributed by atoms with Gasteiger partial charge >= 0.3 is 0 Å². The van der Waals surface area contributed by atoms with E-state index >= 15 is 0 Å². The van der Waals surface area contributed by atoms with Crippen LogP contribution in [0.2, 0.25) is 0 Å². The number of ether oxygens (including phenoxy) is 1. The van der Waals surface area contributed by atoms with Crippen LogP contribution in [0.1, 0.15) is 29.0 Å². The Kier molecular flexibility index (Phi) is 4.43. The topological polar surface area (TPSA) is 29.5 Å². The van der Waals surface area contributed by atoms with E-state index in [4.69, 9.17) is 4.74 Å². The van der Waals surface area contributed by atoms with Crippen LogP contribution in [0.15, 0.2) is 34.1 Å². The predicted molar refractivity (Wildman–Crippen MR) is 78.4 cm³/mol. The fourth-order valence-electron chi connectivity index (χ4n) is 1.70. The van der Waals surface area contributed by atoms with Gasteiger partial charge in [-0.3, -0.25) is 0 Å². The second kappa shape index (κ2) is 5.87. The molecule has 0 saturated heterocycles. The van der Waals surface area contributed by atoms with Crippen LogP contribution < -0.4 is 4.74 Å². The average Bonchev–Trinajstić information content (AvgIpc) is 2.70. The lowest BCUT2D eigenvalue weighted by Crippen LogP contribution is -1.97. The number of rotatable bonds is 4. The highest BCUT2D eigenvalue weighted by molar-refractivity contribution is 9.11. The standard InChI is InChI=1S/C14H15BrO2S/c1-3-17-11-6-4-10(5-7-11)13(16)12-8-9(2)14(15)18-12/h4-8,13,16H,3H2,1-2H3. The summed E-state index contributed by atoms with van der Waals surface area (Å²) < 4.78 is 6.45. The number of aryl methyl sites for hydroxylation is 1. The first kappa shape index (κ1) is 13.6. The van der Waals surface area contributed by atoms with Crippen LogP contribution in [0.3, 0.4) is 0 Å². The minimum Gasteiger partial charge on any atom is -0.494 e. The molecule has 2 rings (SSSR count). The van der Waals surface area contributed by atoms with Crippen LogP contribution in [0.25, 0.3) is 0 Å². The van der Waals surface area contributed by atoms with Gasteiger partial charge in [-0.25, -0.2) is 0 Å². The molecule has 1 atom stereocenters. The molecule has 0 aliphatic carbocycles. The summed E-state index contributed by atoms with van der Waals surface area (Å²) in [5, 5.41) is 10.3. The molecule has 0 radical (unpaired) electrons. The Morgan fingerprint density at radius 3 is 2.50 bits per heavy atom. The number of hydrogen-bond acceptors (Lipinski definition) is 3. The Morgan fingerprint density at radius 1 is 1.33 bits per heavy atom. The van der Waals surface area contributed by atoms with Gasteiger partial charge in [-0.15, -0.1) is 11.3 Å². The number of halogens is 1. The minimum absolute atomic E-state index is 0.573. The maximum absolute atomic E-state index is 10.3. The maximum Gasteiger partial charge on any atom is 0.119 e. The van der Waals surface area contributed by atoms with Gasteiger partial charge in [0, 0.05) is 4.88 Å². The molecule has 1 aromatic heterocycles. The van der Waals surface area contributed by atoms with Crippen LogP contribution in [-0.2, 0) is 0 Å². The van der Waals surface area contributed by atoms with Gasteiger partial charge in [0.25, 0.3) is 0 Å². The van der Waals surface area contributed by atoms with Crippen molar-refractivity contribution in [2.45, 2.75) is 20.0 Å². The van der Waals surface area contributed by atoms with Crippen molar-refractivity contribution in [3.8, 4) is 5.75 Å². The molecular formula is C14H15BrO2S. The van der Waals surface area contributed by atoms with Crippen LogP contribution in [0.5, 0.6) is 5.75 Å². The summed E-state index contributed by atoms with van der Waals surface area (Å²) in [5.41, 5.74) is 2.03. The van der Waals surface area contributed by atoms with E-state index in [9.17, 15) is 5.11 Å². The molecule has 0 amide bonds. The van der Waals surface area contributed by atoms with Crippen molar-refractivity contribution in [3.05, 3.63) is 50.1 Å². The molecule has 1 aromatic carbocycles. The molecule has 0 bridgehead atoms. The normalized spacial score (nSPS) is 12.4. The molecule has 1 N–H and O–H groups in total. The molecule has 18 heavy (non-hydrogen) atoms. The second-order valence-electron chi connectivity index (χ2n) is 4.01. The summed E-state index contributed by atoms with van der Waals surface area (Å²) >= 11 is 5.04. The SMILES string of the molecule is CCOc1ccc(C(O)c2cc(C)c(Br)s2)cc1. The average molecular weight is 327 g/mol. The van der Waals surface area contributed by atoms with E-state index in [2.05, 4.69) is 15.9 Å². The van der Waals surface area contributed by atoms with Crippen molar-refractivity contribution in [3.63, 3.8) is 0 Å². The van der Waals surface area contributed by atoms with E-state index in [0.717, 1.165) is 25.5 Å². The molecule has 1 unspecified atom stereocenters. The monoisotopic (exact) mass is 326 g/mol. The summed E-state index contributed by atoms with van der Waals surface area (Å²) in [7, 11) is 0. The molecule has 2 nitrogen and oxygen atoms in total. The van der Waals surface area contributed by atoms with Gasteiger partial charge in [0.1, 0.15) is 11.9 Å². The molecule has 0 fully saturated rings. The van der Waals surface area contributed by atoms with Crippen molar-refractivity contribution in [2.75, 3.05) is 6.61 Å². The van der Waals surface area contributed by atoms with Gasteiger partial charge in [-0.2, -0.15) is 0 Å². The lowest BCUT2D eigenvalue weighted by atomic mass is 10.1. The van der Waals surface area contributed by atoms with Gasteiger partial charge in [0.05, 0.1) is 10.4 Å². The number of aliphatic hydroxyl groups is 1. The largest absolute Gasteiger partial charge is 0.494 e. The van der Waals surface area contributed by atoms with E-state index in [1.54, 1.807) is 11.3 Å². The molecule has 0 aliphatic heterocycles. The van der Waals surface area contributed by atoms with Gasteiger partial charge in [-0.1, -0.05) is 12.1 Å². The van der Waals surface area contributed by atoms with E-state index < -0.39 is 6.10 Å². The van der Waals surface area contributed by atoms with Crippen LogP contribution in [-0.4, -0.2) is 11.7 Å². The highest BCUT2D eigenvalue weighted by Gasteiger charge is 2.14. The zero-order valence-electron chi connectivity index (χ0n) is 10.3.